The maximum Gasteiger partial charge on any atom is -0.147 e. The summed E-state index contributed by atoms with van der Waals surface area (Å²) in [7, 11) is 0. The Kier molecular flexibility index (Phi) is 13.9. The van der Waals surface area contributed by atoms with Gasteiger partial charge in [0.25, 0.3) is 0 Å². The van der Waals surface area contributed by atoms with Gasteiger partial charge in [0.15, 0.2) is 0 Å². The summed E-state index contributed by atoms with van der Waals surface area (Å²) in [6.07, 6.45) is 24.3. The van der Waals surface area contributed by atoms with E-state index in [1.54, 1.807) is 0 Å². The number of rotatable bonds is 0. The standard InChI is InChI=1S/C13H17.C7H9.C2H6Si.2ClH.Ti/c1-3-7-12-10(5-1)9-11-6-2-4-8-13(11)12;1-6-4-3-5-7(6)2;1-3-2;;;/h1,3,5,7,9-13H,2,4,6,8H2;4H,3H2,1-2H3;1-2H3;2*1H;/q2*-1;;;;+2. The van der Waals surface area contributed by atoms with Gasteiger partial charge in [-0.2, -0.15) is 12.0 Å². The van der Waals surface area contributed by atoms with Crippen LogP contribution in [-0.4, -0.2) is 6.19 Å². The Balaban J connectivity index is 0.000000415. The van der Waals surface area contributed by atoms with Crippen LogP contribution >= 0.6 is 24.8 Å². The molecule has 4 unspecified atom stereocenters. The van der Waals surface area contributed by atoms with E-state index in [4.69, 9.17) is 0 Å². The largest absolute Gasteiger partial charge is 0.147 e. The molecule has 0 aromatic carbocycles. The van der Waals surface area contributed by atoms with Crippen molar-refractivity contribution in [3.8, 4) is 0 Å². The molecule has 4 heteroatoms. The van der Waals surface area contributed by atoms with Crippen molar-refractivity contribution in [3.63, 3.8) is 0 Å². The van der Waals surface area contributed by atoms with E-state index in [0.29, 0.717) is 0 Å². The van der Waals surface area contributed by atoms with E-state index in [1.807, 2.05) is 0 Å². The summed E-state index contributed by atoms with van der Waals surface area (Å²) < 4.78 is 0. The van der Waals surface area contributed by atoms with E-state index in [1.165, 1.54) is 36.8 Å². The topological polar surface area (TPSA) is 0 Å². The normalized spacial score (nSPS) is 29.9. The SMILES string of the molecule is C1=CC2[CH-]C3CCCCC3C2C=C1.CC1=[C-]CC=C1C.C[Si](C)=[Ti+2].Cl.Cl. The number of hydrogen-bond acceptors (Lipinski definition) is 0. The number of allylic oxidation sites excluding steroid dienone is 8. The molecular weight excluding hydrogens is 411 g/mol. The van der Waals surface area contributed by atoms with Gasteiger partial charge in [-0.15, -0.1) is 50.2 Å². The number of fused-ring (bicyclic) bond motifs is 3. The van der Waals surface area contributed by atoms with Gasteiger partial charge in [-0.3, -0.25) is 6.08 Å². The Morgan fingerprint density at radius 2 is 1.69 bits per heavy atom. The van der Waals surface area contributed by atoms with Crippen molar-refractivity contribution in [2.45, 2.75) is 59.0 Å². The van der Waals surface area contributed by atoms with E-state index >= 15 is 0 Å². The Hall–Kier alpha value is 0.471. The number of halogens is 2. The van der Waals surface area contributed by atoms with Gasteiger partial charge >= 0.3 is 38.5 Å². The average molecular weight is 445 g/mol. The van der Waals surface area contributed by atoms with Crippen LogP contribution in [0.4, 0.5) is 0 Å². The molecule has 4 aliphatic rings. The molecular formula is C22H34Cl2SiTi. The molecule has 0 saturated heterocycles. The van der Waals surface area contributed by atoms with E-state index < -0.39 is 0 Å². The van der Waals surface area contributed by atoms with Crippen molar-refractivity contribution >= 4 is 31.0 Å². The van der Waals surface area contributed by atoms with Crippen LogP contribution in [-0.2, 0) is 19.2 Å². The molecule has 0 N–H and O–H groups in total. The molecule has 0 radical (unpaired) electrons. The van der Waals surface area contributed by atoms with Crippen molar-refractivity contribution in [3.05, 3.63) is 54.0 Å². The van der Waals surface area contributed by atoms with Gasteiger partial charge in [-0.05, 0) is 5.92 Å². The van der Waals surface area contributed by atoms with Crippen LogP contribution < -0.4 is 0 Å². The molecule has 0 spiro atoms. The van der Waals surface area contributed by atoms with Gasteiger partial charge in [-0.25, -0.2) is 11.1 Å². The molecule has 0 nitrogen and oxygen atoms in total. The second-order valence-corrected chi connectivity index (χ2v) is 14.3. The molecule has 144 valence electrons. The summed E-state index contributed by atoms with van der Waals surface area (Å²) in [6, 6.07) is 0. The van der Waals surface area contributed by atoms with Gasteiger partial charge in [0.2, 0.25) is 0 Å². The van der Waals surface area contributed by atoms with Crippen molar-refractivity contribution in [1.82, 2.24) is 0 Å². The second-order valence-electron chi connectivity index (χ2n) is 7.62. The molecule has 4 rings (SSSR count). The maximum absolute atomic E-state index is 3.19. The van der Waals surface area contributed by atoms with E-state index in [2.05, 4.69) is 89.0 Å². The second kappa shape index (κ2) is 13.6. The monoisotopic (exact) mass is 444 g/mol. The summed E-state index contributed by atoms with van der Waals surface area (Å²) in [4.78, 5) is 0. The molecule has 0 aromatic heterocycles. The van der Waals surface area contributed by atoms with Crippen LogP contribution in [0.5, 0.6) is 0 Å². The van der Waals surface area contributed by atoms with Crippen molar-refractivity contribution in [2.24, 2.45) is 23.7 Å². The first-order valence-corrected chi connectivity index (χ1v) is 14.3. The van der Waals surface area contributed by atoms with Gasteiger partial charge < -0.3 is 6.42 Å². The van der Waals surface area contributed by atoms with Crippen LogP contribution in [0.25, 0.3) is 0 Å². The molecule has 0 amide bonds. The minimum atomic E-state index is 0. The van der Waals surface area contributed by atoms with E-state index in [9.17, 15) is 0 Å². The zero-order valence-electron chi connectivity index (χ0n) is 16.6. The number of hydrogen-bond donors (Lipinski definition) is 0. The summed E-state index contributed by atoms with van der Waals surface area (Å²) >= 11 is 2.27. The zero-order chi connectivity index (χ0) is 17.5. The average Bonchev–Trinajstić information content (AvgIpc) is 3.11. The van der Waals surface area contributed by atoms with Crippen LogP contribution in [0.3, 0.4) is 0 Å². The van der Waals surface area contributed by atoms with Crippen LogP contribution in [0.15, 0.2) is 41.5 Å². The fourth-order valence-corrected chi connectivity index (χ4v) is 4.10. The summed E-state index contributed by atoms with van der Waals surface area (Å²) in [5, 5.41) is 0. The molecule has 2 fully saturated rings. The molecule has 0 aliphatic heterocycles. The van der Waals surface area contributed by atoms with Crippen molar-refractivity contribution in [2.75, 3.05) is 0 Å². The van der Waals surface area contributed by atoms with E-state index in [0.717, 1.165) is 30.1 Å². The molecule has 4 aliphatic carbocycles. The smallest absolute Gasteiger partial charge is 0.147 e. The molecule has 2 saturated carbocycles. The minimum Gasteiger partial charge on any atom is -0.147 e. The van der Waals surface area contributed by atoms with Gasteiger partial charge in [-0.1, -0.05) is 56.8 Å². The van der Waals surface area contributed by atoms with Crippen LogP contribution in [0, 0.1) is 36.2 Å². The Morgan fingerprint density at radius 3 is 2.23 bits per heavy atom. The minimum absolute atomic E-state index is 0. The third-order valence-corrected chi connectivity index (χ3v) is 5.43. The van der Waals surface area contributed by atoms with Crippen LogP contribution in [0.1, 0.15) is 46.0 Å². The maximum atomic E-state index is 3.19. The predicted octanol–water partition coefficient (Wildman–Crippen LogP) is 7.08. The summed E-state index contributed by atoms with van der Waals surface area (Å²) in [5.74, 6) is 3.56. The first-order chi connectivity index (χ1) is 11.5. The molecule has 26 heavy (non-hydrogen) atoms. The van der Waals surface area contributed by atoms with Gasteiger partial charge in [0, 0.05) is 0 Å². The fraction of sp³-hybridized carbons (Fsp3) is 0.591. The first-order valence-electron chi connectivity index (χ1n) is 9.45. The van der Waals surface area contributed by atoms with E-state index in [-0.39, 0.29) is 31.0 Å². The molecule has 0 bridgehead atoms. The molecule has 0 heterocycles. The summed E-state index contributed by atoms with van der Waals surface area (Å²) in [5.41, 5.74) is 2.71. The molecule has 0 aromatic rings. The third-order valence-electron chi connectivity index (χ3n) is 5.43. The van der Waals surface area contributed by atoms with Crippen molar-refractivity contribution < 1.29 is 19.2 Å². The Morgan fingerprint density at radius 1 is 1.08 bits per heavy atom. The fourth-order valence-electron chi connectivity index (χ4n) is 4.10. The van der Waals surface area contributed by atoms with Crippen molar-refractivity contribution in [1.29, 1.82) is 0 Å². The van der Waals surface area contributed by atoms with Gasteiger partial charge in [0.05, 0.1) is 0 Å². The zero-order valence-corrected chi connectivity index (χ0v) is 20.8. The third kappa shape index (κ3) is 8.23. The van der Waals surface area contributed by atoms with Gasteiger partial charge in [0.1, 0.15) is 0 Å². The predicted molar refractivity (Wildman–Crippen MR) is 118 cm³/mol. The Labute approximate surface area is 186 Å². The summed E-state index contributed by atoms with van der Waals surface area (Å²) in [6.45, 7) is 8.75. The van der Waals surface area contributed by atoms with Crippen LogP contribution in [0.2, 0.25) is 13.1 Å². The Bertz CT molecular complexity index is 542. The first kappa shape index (κ1) is 26.5. The molecule has 4 atom stereocenters. The quantitative estimate of drug-likeness (QED) is 0.276.